The van der Waals surface area contributed by atoms with Crippen molar-refractivity contribution in [2.24, 2.45) is 0 Å². The Balaban J connectivity index is 1.90. The second-order valence-corrected chi connectivity index (χ2v) is 9.53. The average Bonchev–Trinajstić information content (AvgIpc) is 3.10. The van der Waals surface area contributed by atoms with Gasteiger partial charge in [0, 0.05) is 11.8 Å². The molecule has 0 aromatic heterocycles. The first kappa shape index (κ1) is 21.4. The van der Waals surface area contributed by atoms with Crippen molar-refractivity contribution in [3.8, 4) is 0 Å². The van der Waals surface area contributed by atoms with E-state index in [9.17, 15) is 23.1 Å². The highest BCUT2D eigenvalue weighted by Gasteiger charge is 2.43. The number of sulfonamides is 1. The lowest BCUT2D eigenvalue weighted by Gasteiger charge is -2.24. The van der Waals surface area contributed by atoms with E-state index in [-0.39, 0.29) is 29.5 Å². The number of nitrogens with zero attached hydrogens (tertiary/aromatic N) is 1. The van der Waals surface area contributed by atoms with Crippen molar-refractivity contribution in [1.82, 2.24) is 9.62 Å². The molecule has 1 amide bonds. The summed E-state index contributed by atoms with van der Waals surface area (Å²) in [5.74, 6) is -1.86. The normalized spacial score (nSPS) is 21.0. The summed E-state index contributed by atoms with van der Waals surface area (Å²) in [7, 11) is -3.97. The van der Waals surface area contributed by atoms with Gasteiger partial charge in [-0.2, -0.15) is 16.9 Å². The SMILES string of the molecule is C=CC[C@H](NC(=O)[C@@H]1C[C@@H](S)CN1S(=O)(=O)c1ccc2ccccc2c1)C(=O)O. The Bertz CT molecular complexity index is 1050. The fourth-order valence-corrected chi connectivity index (χ4v) is 5.57. The van der Waals surface area contributed by atoms with Crippen LogP contribution in [0.1, 0.15) is 12.8 Å². The van der Waals surface area contributed by atoms with E-state index in [1.54, 1.807) is 12.1 Å². The summed E-state index contributed by atoms with van der Waals surface area (Å²) in [6.07, 6.45) is 1.62. The largest absolute Gasteiger partial charge is 0.480 e. The molecule has 1 fully saturated rings. The van der Waals surface area contributed by atoms with E-state index in [4.69, 9.17) is 0 Å². The van der Waals surface area contributed by atoms with Crippen LogP contribution in [0.15, 0.2) is 60.0 Å². The molecule has 1 aliphatic heterocycles. The van der Waals surface area contributed by atoms with Crippen LogP contribution in [-0.4, -0.2) is 53.6 Å². The molecule has 3 rings (SSSR count). The molecule has 0 saturated carbocycles. The lowest BCUT2D eigenvalue weighted by Crippen LogP contribution is -2.50. The Kier molecular flexibility index (Phi) is 6.30. The number of fused-ring (bicyclic) bond motifs is 1. The summed E-state index contributed by atoms with van der Waals surface area (Å²) in [6.45, 7) is 3.55. The van der Waals surface area contributed by atoms with E-state index in [0.29, 0.717) is 0 Å². The number of nitrogens with one attached hydrogen (secondary N) is 1. The van der Waals surface area contributed by atoms with Gasteiger partial charge < -0.3 is 10.4 Å². The molecule has 154 valence electrons. The number of thiol groups is 1. The zero-order chi connectivity index (χ0) is 21.2. The second-order valence-electron chi connectivity index (χ2n) is 6.91. The van der Waals surface area contributed by atoms with Crippen LogP contribution in [0, 0.1) is 0 Å². The number of carbonyl (C=O) groups is 2. The van der Waals surface area contributed by atoms with Crippen molar-refractivity contribution >= 4 is 45.3 Å². The van der Waals surface area contributed by atoms with Crippen molar-refractivity contribution in [3.05, 3.63) is 55.1 Å². The van der Waals surface area contributed by atoms with Crippen molar-refractivity contribution in [2.45, 2.75) is 35.1 Å². The van der Waals surface area contributed by atoms with E-state index in [2.05, 4.69) is 24.5 Å². The van der Waals surface area contributed by atoms with Gasteiger partial charge in [0.2, 0.25) is 15.9 Å². The summed E-state index contributed by atoms with van der Waals surface area (Å²) in [5, 5.41) is 13.0. The number of carboxylic acid groups (broad SMARTS) is 1. The Morgan fingerprint density at radius 3 is 2.62 bits per heavy atom. The van der Waals surface area contributed by atoms with E-state index in [1.807, 2.05) is 24.3 Å². The summed E-state index contributed by atoms with van der Waals surface area (Å²) in [4.78, 5) is 24.1. The van der Waals surface area contributed by atoms with Crippen LogP contribution < -0.4 is 5.32 Å². The van der Waals surface area contributed by atoms with Gasteiger partial charge in [-0.25, -0.2) is 13.2 Å². The van der Waals surface area contributed by atoms with Crippen LogP contribution in [-0.2, 0) is 19.6 Å². The molecular weight excluding hydrogens is 412 g/mol. The molecule has 1 heterocycles. The molecule has 9 heteroatoms. The fraction of sp³-hybridized carbons (Fsp3) is 0.300. The van der Waals surface area contributed by atoms with E-state index >= 15 is 0 Å². The topological polar surface area (TPSA) is 104 Å². The van der Waals surface area contributed by atoms with Gasteiger partial charge in [-0.15, -0.1) is 6.58 Å². The number of benzene rings is 2. The number of rotatable bonds is 7. The van der Waals surface area contributed by atoms with Crippen molar-refractivity contribution in [1.29, 1.82) is 0 Å². The third-order valence-electron chi connectivity index (χ3n) is 4.88. The summed E-state index contributed by atoms with van der Waals surface area (Å²) < 4.78 is 27.6. The van der Waals surface area contributed by atoms with Gasteiger partial charge in [0.25, 0.3) is 0 Å². The predicted molar refractivity (Wildman–Crippen MR) is 113 cm³/mol. The smallest absolute Gasteiger partial charge is 0.326 e. The van der Waals surface area contributed by atoms with Crippen LogP contribution in [0.2, 0.25) is 0 Å². The van der Waals surface area contributed by atoms with Crippen LogP contribution >= 0.6 is 12.6 Å². The van der Waals surface area contributed by atoms with Gasteiger partial charge in [0.15, 0.2) is 0 Å². The van der Waals surface area contributed by atoms with E-state index in [1.165, 1.54) is 12.1 Å². The number of hydrogen-bond acceptors (Lipinski definition) is 5. The van der Waals surface area contributed by atoms with E-state index < -0.39 is 34.0 Å². The summed E-state index contributed by atoms with van der Waals surface area (Å²) in [6, 6.07) is 10.00. The quantitative estimate of drug-likeness (QED) is 0.457. The molecule has 1 aliphatic rings. The number of amides is 1. The highest BCUT2D eigenvalue weighted by atomic mass is 32.2. The lowest BCUT2D eigenvalue weighted by molar-refractivity contribution is -0.142. The van der Waals surface area contributed by atoms with Gasteiger partial charge in [-0.1, -0.05) is 36.4 Å². The van der Waals surface area contributed by atoms with Crippen LogP contribution in [0.5, 0.6) is 0 Å². The van der Waals surface area contributed by atoms with Gasteiger partial charge in [-0.05, 0) is 35.7 Å². The third-order valence-corrected chi connectivity index (χ3v) is 7.13. The summed E-state index contributed by atoms with van der Waals surface area (Å²) in [5.41, 5.74) is 0. The van der Waals surface area contributed by atoms with Crippen molar-refractivity contribution in [2.75, 3.05) is 6.54 Å². The zero-order valence-corrected chi connectivity index (χ0v) is 17.3. The summed E-state index contributed by atoms with van der Waals surface area (Å²) >= 11 is 4.36. The first-order valence-electron chi connectivity index (χ1n) is 9.07. The maximum Gasteiger partial charge on any atom is 0.326 e. The Labute approximate surface area is 174 Å². The minimum absolute atomic E-state index is 0.0372. The number of carbonyl (C=O) groups excluding carboxylic acids is 1. The van der Waals surface area contributed by atoms with Gasteiger partial charge in [0.1, 0.15) is 12.1 Å². The highest BCUT2D eigenvalue weighted by Crippen LogP contribution is 2.30. The first-order chi connectivity index (χ1) is 13.7. The molecule has 0 radical (unpaired) electrons. The average molecular weight is 435 g/mol. The molecule has 3 atom stereocenters. The Morgan fingerprint density at radius 1 is 1.28 bits per heavy atom. The molecule has 7 nitrogen and oxygen atoms in total. The molecule has 0 unspecified atom stereocenters. The molecule has 29 heavy (non-hydrogen) atoms. The lowest BCUT2D eigenvalue weighted by atomic mass is 10.1. The zero-order valence-electron chi connectivity index (χ0n) is 15.6. The van der Waals surface area contributed by atoms with Gasteiger partial charge in [-0.3, -0.25) is 4.79 Å². The van der Waals surface area contributed by atoms with E-state index in [0.717, 1.165) is 15.1 Å². The van der Waals surface area contributed by atoms with Gasteiger partial charge >= 0.3 is 5.97 Å². The maximum atomic E-state index is 13.3. The third kappa shape index (κ3) is 4.47. The number of hydrogen-bond donors (Lipinski definition) is 3. The van der Waals surface area contributed by atoms with Crippen LogP contribution in [0.3, 0.4) is 0 Å². The Morgan fingerprint density at radius 2 is 1.97 bits per heavy atom. The number of carboxylic acids is 1. The predicted octanol–water partition coefficient (Wildman–Crippen LogP) is 2.05. The number of aliphatic carboxylic acids is 1. The minimum Gasteiger partial charge on any atom is -0.480 e. The fourth-order valence-electron chi connectivity index (χ4n) is 3.41. The molecule has 2 aromatic rings. The molecule has 1 saturated heterocycles. The minimum atomic E-state index is -3.97. The highest BCUT2D eigenvalue weighted by molar-refractivity contribution is 7.89. The second kappa shape index (κ2) is 8.56. The molecule has 2 aromatic carbocycles. The molecule has 0 spiro atoms. The standard InChI is InChI=1S/C20H22N2O5S2/c1-2-5-17(20(24)25)21-19(23)18-11-15(28)12-22(18)29(26,27)16-9-8-13-6-3-4-7-14(13)10-16/h2-4,6-10,15,17-18,28H,1,5,11-12H2,(H,21,23)(H,24,25)/t15-,17+,18+/m1/s1. The van der Waals surface area contributed by atoms with Crippen molar-refractivity contribution in [3.63, 3.8) is 0 Å². The maximum absolute atomic E-state index is 13.3. The molecule has 0 aliphatic carbocycles. The monoisotopic (exact) mass is 434 g/mol. The van der Waals surface area contributed by atoms with Crippen LogP contribution in [0.25, 0.3) is 10.8 Å². The Hall–Kier alpha value is -2.36. The van der Waals surface area contributed by atoms with Crippen molar-refractivity contribution < 1.29 is 23.1 Å². The van der Waals surface area contributed by atoms with Gasteiger partial charge in [0.05, 0.1) is 4.90 Å². The molecular formula is C20H22N2O5S2. The first-order valence-corrected chi connectivity index (χ1v) is 11.0. The molecule has 0 bridgehead atoms. The molecule has 2 N–H and O–H groups in total. The van der Waals surface area contributed by atoms with Crippen LogP contribution in [0.4, 0.5) is 0 Å².